The summed E-state index contributed by atoms with van der Waals surface area (Å²) in [6.45, 7) is 7.62. The van der Waals surface area contributed by atoms with Crippen LogP contribution in [0.15, 0.2) is 112 Å². The van der Waals surface area contributed by atoms with Crippen LogP contribution in [0.1, 0.15) is 59.6 Å². The first kappa shape index (κ1) is 53.0. The highest BCUT2D eigenvalue weighted by Crippen LogP contribution is 2.40. The molecule has 20 nitrogen and oxygen atoms in total. The second kappa shape index (κ2) is 24.1. The van der Waals surface area contributed by atoms with Crippen LogP contribution in [-0.4, -0.2) is 104 Å². The van der Waals surface area contributed by atoms with Crippen molar-refractivity contribution < 1.29 is 90.0 Å². The van der Waals surface area contributed by atoms with E-state index in [1.807, 2.05) is 60.7 Å². The van der Waals surface area contributed by atoms with Gasteiger partial charge in [0, 0.05) is 47.1 Å². The Kier molecular flexibility index (Phi) is 17.5. The zero-order valence-electron chi connectivity index (χ0n) is 40.9. The van der Waals surface area contributed by atoms with Crippen LogP contribution in [-0.2, 0) is 84.6 Å². The molecule has 0 N–H and O–H groups in total. The predicted molar refractivity (Wildman–Crippen MR) is 252 cm³/mol. The van der Waals surface area contributed by atoms with Crippen LogP contribution in [0.2, 0.25) is 0 Å². The third-order valence-corrected chi connectivity index (χ3v) is 11.2. The van der Waals surface area contributed by atoms with E-state index in [0.717, 1.165) is 52.7 Å². The molecule has 7 rings (SSSR count). The maximum Gasteiger partial charge on any atom is 0.303 e. The van der Waals surface area contributed by atoms with Gasteiger partial charge in [-0.2, -0.15) is 0 Å². The first-order valence-electron chi connectivity index (χ1n) is 23.1. The summed E-state index contributed by atoms with van der Waals surface area (Å²) >= 11 is 0. The monoisotopic (exact) mass is 1010 g/mol. The number of ether oxygens (including phenoxy) is 12. The van der Waals surface area contributed by atoms with Crippen molar-refractivity contribution in [1.82, 2.24) is 0 Å². The SMILES string of the molecule is CC(=O)O[C@@H]1[C@@H](OC(C)=O)[C@H](C)O[C@@H](OC[C@H]2O[C@@H](Oc3c(-c4ccc(OCc5ccccc5)c(OCc5ccccc5)c4)oc4ccccc4c3=O)[C@H](OC(C)=O)[C@@H](OC(C)=O)[C@@H]2OC(C)=O)[C@@H]1OC(C)=O. The molecule has 0 amide bonds. The second-order valence-electron chi connectivity index (χ2n) is 16.9. The molecule has 4 aromatic carbocycles. The minimum Gasteiger partial charge on any atom is -0.485 e. The Morgan fingerprint density at radius 1 is 0.507 bits per heavy atom. The molecular formula is C53H54O20. The van der Waals surface area contributed by atoms with E-state index < -0.39 is 115 Å². The Morgan fingerprint density at radius 3 is 1.56 bits per heavy atom. The highest BCUT2D eigenvalue weighted by Gasteiger charge is 2.55. The average molecular weight is 1010 g/mol. The van der Waals surface area contributed by atoms with Gasteiger partial charge in [-0.15, -0.1) is 0 Å². The van der Waals surface area contributed by atoms with Crippen molar-refractivity contribution in [3.63, 3.8) is 0 Å². The van der Waals surface area contributed by atoms with Gasteiger partial charge in [0.25, 0.3) is 0 Å². The number of para-hydroxylation sites is 1. The molecule has 20 heteroatoms. The molecule has 5 aromatic rings. The van der Waals surface area contributed by atoms with Crippen molar-refractivity contribution in [3.8, 4) is 28.6 Å². The summed E-state index contributed by atoms with van der Waals surface area (Å²) < 4.78 is 77.9. The summed E-state index contributed by atoms with van der Waals surface area (Å²) in [6.07, 6.45) is -15.4. The number of benzene rings is 4. The summed E-state index contributed by atoms with van der Waals surface area (Å²) in [7, 11) is 0. The van der Waals surface area contributed by atoms with Crippen molar-refractivity contribution in [2.45, 2.75) is 123 Å². The van der Waals surface area contributed by atoms with E-state index in [9.17, 15) is 33.6 Å². The zero-order valence-corrected chi connectivity index (χ0v) is 40.9. The van der Waals surface area contributed by atoms with Crippen molar-refractivity contribution in [1.29, 1.82) is 0 Å². The molecule has 0 unspecified atom stereocenters. The van der Waals surface area contributed by atoms with Crippen LogP contribution in [0.4, 0.5) is 0 Å². The summed E-state index contributed by atoms with van der Waals surface area (Å²) in [5.41, 5.74) is 1.46. The number of carbonyl (C=O) groups is 6. The van der Waals surface area contributed by atoms with Crippen molar-refractivity contribution in [3.05, 3.63) is 124 Å². The summed E-state index contributed by atoms with van der Waals surface area (Å²) in [4.78, 5) is 90.4. The molecule has 0 bridgehead atoms. The molecule has 0 saturated carbocycles. The maximum atomic E-state index is 14.8. The lowest BCUT2D eigenvalue weighted by molar-refractivity contribution is -0.323. The van der Waals surface area contributed by atoms with E-state index in [1.165, 1.54) is 13.0 Å². The number of hydrogen-bond donors (Lipinski definition) is 0. The molecule has 2 aliphatic heterocycles. The molecular weight excluding hydrogens is 957 g/mol. The molecule has 0 radical (unpaired) electrons. The topological polar surface area (TPSA) is 243 Å². The van der Waals surface area contributed by atoms with Crippen molar-refractivity contribution in [2.75, 3.05) is 6.61 Å². The maximum absolute atomic E-state index is 14.8. The third-order valence-electron chi connectivity index (χ3n) is 11.2. The normalized spacial score (nSPS) is 23.5. The molecule has 1 aromatic heterocycles. The predicted octanol–water partition coefficient (Wildman–Crippen LogP) is 6.07. The first-order chi connectivity index (χ1) is 34.9. The average Bonchev–Trinajstić information content (AvgIpc) is 3.34. The van der Waals surface area contributed by atoms with Gasteiger partial charge in [0.2, 0.25) is 23.6 Å². The quantitative estimate of drug-likeness (QED) is 0.0714. The van der Waals surface area contributed by atoms with Crippen molar-refractivity contribution in [2.24, 2.45) is 0 Å². The smallest absolute Gasteiger partial charge is 0.303 e. The number of esters is 6. The van der Waals surface area contributed by atoms with Gasteiger partial charge in [-0.1, -0.05) is 72.8 Å². The van der Waals surface area contributed by atoms with Crippen LogP contribution in [0.5, 0.6) is 17.2 Å². The largest absolute Gasteiger partial charge is 0.485 e. The molecule has 3 heterocycles. The summed E-state index contributed by atoms with van der Waals surface area (Å²) in [5.74, 6) is -5.13. The Balaban J connectivity index is 1.30. The minimum atomic E-state index is -1.88. The fraction of sp³-hybridized carbons (Fsp3) is 0.377. The van der Waals surface area contributed by atoms with Gasteiger partial charge in [-0.3, -0.25) is 33.6 Å². The number of fused-ring (bicyclic) bond motifs is 1. The van der Waals surface area contributed by atoms with Crippen molar-refractivity contribution >= 4 is 46.8 Å². The number of carbonyl (C=O) groups excluding carboxylic acids is 6. The Morgan fingerprint density at radius 2 is 0.986 bits per heavy atom. The fourth-order valence-corrected chi connectivity index (χ4v) is 8.27. The molecule has 0 spiro atoms. The first-order valence-corrected chi connectivity index (χ1v) is 23.1. The summed E-state index contributed by atoms with van der Waals surface area (Å²) in [5, 5.41) is 0.0770. The van der Waals surface area contributed by atoms with Crippen LogP contribution in [0.25, 0.3) is 22.3 Å². The molecule has 10 atom stereocenters. The standard InChI is InChI=1S/C53H54O20/c1-28-44(65-29(2)54)48(67-31(4)56)50(69-33(6)58)52(64-28)63-27-42-46(66-30(3)55)49(68-32(5)57)51(70-34(7)59)53(72-42)73-47-43(60)38-20-14-15-21-39(38)71-45(47)37-22-23-40(61-25-35-16-10-8-11-17-35)41(24-37)62-26-36-18-12-9-13-19-36/h8-24,28,42,44,46,48-53H,25-27H2,1-7H3/t28-,42+,44-,46+,48+,49-,50+,51+,52+,53-/m0/s1. The van der Waals surface area contributed by atoms with Gasteiger partial charge < -0.3 is 61.3 Å². The van der Waals surface area contributed by atoms with Crippen LogP contribution in [0, 0.1) is 0 Å². The number of rotatable bonds is 18. The van der Waals surface area contributed by atoms with Crippen LogP contribution < -0.4 is 19.6 Å². The van der Waals surface area contributed by atoms with Crippen LogP contribution in [0.3, 0.4) is 0 Å². The van der Waals surface area contributed by atoms with E-state index >= 15 is 0 Å². The minimum absolute atomic E-state index is 0.0770. The van der Waals surface area contributed by atoms with E-state index in [-0.39, 0.29) is 41.3 Å². The van der Waals surface area contributed by atoms with E-state index in [1.54, 1.807) is 36.4 Å². The summed E-state index contributed by atoms with van der Waals surface area (Å²) in [6, 6.07) is 30.1. The molecule has 73 heavy (non-hydrogen) atoms. The highest BCUT2D eigenvalue weighted by molar-refractivity contribution is 5.82. The third kappa shape index (κ3) is 13.6. The van der Waals surface area contributed by atoms with Gasteiger partial charge in [-0.25, -0.2) is 0 Å². The second-order valence-corrected chi connectivity index (χ2v) is 16.9. The lowest BCUT2D eigenvalue weighted by Crippen LogP contribution is -2.65. The number of hydrogen-bond acceptors (Lipinski definition) is 20. The molecule has 2 saturated heterocycles. The van der Waals surface area contributed by atoms with Gasteiger partial charge in [-0.05, 0) is 48.4 Å². The fourth-order valence-electron chi connectivity index (χ4n) is 8.27. The van der Waals surface area contributed by atoms with Gasteiger partial charge in [0.15, 0.2) is 54.1 Å². The zero-order chi connectivity index (χ0) is 52.3. The lowest BCUT2D eigenvalue weighted by atomic mass is 9.97. The Labute approximate surface area is 418 Å². The van der Waals surface area contributed by atoms with E-state index in [0.29, 0.717) is 5.75 Å². The van der Waals surface area contributed by atoms with E-state index in [2.05, 4.69) is 0 Å². The van der Waals surface area contributed by atoms with Gasteiger partial charge >= 0.3 is 35.8 Å². The molecule has 2 fully saturated rings. The van der Waals surface area contributed by atoms with E-state index in [4.69, 9.17) is 61.3 Å². The molecule has 386 valence electrons. The molecule has 0 aliphatic carbocycles. The van der Waals surface area contributed by atoms with Gasteiger partial charge in [0.1, 0.15) is 24.9 Å². The lowest BCUT2D eigenvalue weighted by Gasteiger charge is -2.46. The van der Waals surface area contributed by atoms with Crippen LogP contribution >= 0.6 is 0 Å². The Hall–Kier alpha value is -7.81. The Bertz CT molecular complexity index is 2830. The van der Waals surface area contributed by atoms with Gasteiger partial charge in [0.05, 0.1) is 18.1 Å². The highest BCUT2D eigenvalue weighted by atomic mass is 16.8. The molecule has 2 aliphatic rings.